The summed E-state index contributed by atoms with van der Waals surface area (Å²) in [6.07, 6.45) is 4.08. The Bertz CT molecular complexity index is 1120. The van der Waals surface area contributed by atoms with Gasteiger partial charge >= 0.3 is 0 Å². The van der Waals surface area contributed by atoms with Crippen LogP contribution in [0.15, 0.2) is 55.0 Å². The van der Waals surface area contributed by atoms with E-state index in [-0.39, 0.29) is 43.3 Å². The van der Waals surface area contributed by atoms with Crippen LogP contribution >= 0.6 is 36.4 Å². The van der Waals surface area contributed by atoms with Crippen LogP contribution in [-0.2, 0) is 11.2 Å². The second-order valence-corrected chi connectivity index (χ2v) is 7.81. The van der Waals surface area contributed by atoms with Gasteiger partial charge in [0.1, 0.15) is 11.8 Å². The summed E-state index contributed by atoms with van der Waals surface area (Å²) in [5.41, 5.74) is 3.26. The molecule has 3 aromatic rings. The molecule has 2 heterocycles. The lowest BCUT2D eigenvalue weighted by molar-refractivity contribution is -0.122. The number of amides is 1. The molecule has 1 amide bonds. The predicted molar refractivity (Wildman–Crippen MR) is 133 cm³/mol. The molecule has 0 bridgehead atoms. The summed E-state index contributed by atoms with van der Waals surface area (Å²) in [4.78, 5) is 24.3. The van der Waals surface area contributed by atoms with Crippen molar-refractivity contribution in [2.24, 2.45) is 0 Å². The predicted octanol–water partition coefficient (Wildman–Crippen LogP) is 4.42. The largest absolute Gasteiger partial charge is 0.495 e. The van der Waals surface area contributed by atoms with Crippen molar-refractivity contribution in [2.75, 3.05) is 31.6 Å². The van der Waals surface area contributed by atoms with Crippen molar-refractivity contribution in [3.05, 3.63) is 76.8 Å². The third-order valence-electron chi connectivity index (χ3n) is 5.50. The smallest absolute Gasteiger partial charge is 0.241 e. The van der Waals surface area contributed by atoms with Gasteiger partial charge in [0.05, 0.1) is 37.3 Å². The van der Waals surface area contributed by atoms with E-state index < -0.39 is 0 Å². The Balaban J connectivity index is 0.00000193. The zero-order valence-electron chi connectivity index (χ0n) is 17.9. The first-order chi connectivity index (χ1) is 15.1. The monoisotopic (exact) mass is 507 g/mol. The molecule has 1 fully saturated rings. The van der Waals surface area contributed by atoms with E-state index in [0.717, 1.165) is 16.9 Å². The van der Waals surface area contributed by atoms with Gasteiger partial charge in [0, 0.05) is 30.0 Å². The molecule has 0 saturated carbocycles. The molecule has 7 nitrogen and oxygen atoms in total. The lowest BCUT2D eigenvalue weighted by Gasteiger charge is -2.38. The van der Waals surface area contributed by atoms with E-state index in [1.54, 1.807) is 36.7 Å². The van der Waals surface area contributed by atoms with Crippen molar-refractivity contribution < 1.29 is 9.53 Å². The summed E-state index contributed by atoms with van der Waals surface area (Å²) in [6.45, 7) is 1.56. The molecular formula is C23H24Cl3N5O2. The number of imidazole rings is 1. The Hall–Kier alpha value is -2.76. The van der Waals surface area contributed by atoms with E-state index in [1.807, 2.05) is 30.3 Å². The van der Waals surface area contributed by atoms with Crippen molar-refractivity contribution in [2.45, 2.75) is 12.5 Å². The Kier molecular flexibility index (Phi) is 9.56. The number of methoxy groups -OCH3 is 1. The van der Waals surface area contributed by atoms with Crippen molar-refractivity contribution in [1.29, 1.82) is 5.26 Å². The summed E-state index contributed by atoms with van der Waals surface area (Å²) in [5, 5.41) is 9.85. The maximum atomic E-state index is 13.0. The van der Waals surface area contributed by atoms with Crippen LogP contribution < -0.4 is 9.64 Å². The molecule has 1 aliphatic heterocycles. The van der Waals surface area contributed by atoms with Crippen LogP contribution in [0.1, 0.15) is 22.9 Å². The van der Waals surface area contributed by atoms with Crippen molar-refractivity contribution in [1.82, 2.24) is 14.9 Å². The minimum Gasteiger partial charge on any atom is -0.495 e. The van der Waals surface area contributed by atoms with Crippen LogP contribution in [0.2, 0.25) is 5.02 Å². The maximum absolute atomic E-state index is 13.0. The first-order valence-electron chi connectivity index (χ1n) is 9.94. The van der Waals surface area contributed by atoms with Gasteiger partial charge in [-0.25, -0.2) is 4.98 Å². The molecule has 1 unspecified atom stereocenters. The number of H-pyrrole nitrogens is 1. The molecule has 33 heavy (non-hydrogen) atoms. The van der Waals surface area contributed by atoms with Gasteiger partial charge < -0.3 is 14.6 Å². The molecule has 1 saturated heterocycles. The molecule has 1 aliphatic rings. The highest BCUT2D eigenvalue weighted by atomic mass is 35.5. The van der Waals surface area contributed by atoms with Crippen LogP contribution in [0.25, 0.3) is 0 Å². The van der Waals surface area contributed by atoms with Gasteiger partial charge in [-0.05, 0) is 42.3 Å². The quantitative estimate of drug-likeness (QED) is 0.533. The number of rotatable bonds is 6. The lowest BCUT2D eigenvalue weighted by Crippen LogP contribution is -2.51. The number of hydrogen-bond donors (Lipinski definition) is 1. The third-order valence-corrected chi connectivity index (χ3v) is 5.74. The van der Waals surface area contributed by atoms with E-state index in [4.69, 9.17) is 16.3 Å². The first kappa shape index (κ1) is 26.5. The molecule has 0 aliphatic carbocycles. The van der Waals surface area contributed by atoms with E-state index in [0.29, 0.717) is 35.8 Å². The zero-order chi connectivity index (χ0) is 21.8. The number of ether oxygens (including phenoxy) is 1. The van der Waals surface area contributed by atoms with Gasteiger partial charge in [-0.1, -0.05) is 23.7 Å². The number of piperazine rings is 1. The highest BCUT2D eigenvalue weighted by Gasteiger charge is 2.31. The zero-order valence-corrected chi connectivity index (χ0v) is 20.3. The van der Waals surface area contributed by atoms with Gasteiger partial charge in [0.2, 0.25) is 5.91 Å². The van der Waals surface area contributed by atoms with Gasteiger partial charge in [-0.2, -0.15) is 5.26 Å². The topological polar surface area (TPSA) is 85.2 Å². The van der Waals surface area contributed by atoms with Gasteiger partial charge in [0.25, 0.3) is 0 Å². The van der Waals surface area contributed by atoms with Crippen molar-refractivity contribution in [3.63, 3.8) is 0 Å². The summed E-state index contributed by atoms with van der Waals surface area (Å²) < 4.78 is 5.36. The maximum Gasteiger partial charge on any atom is 0.241 e. The van der Waals surface area contributed by atoms with Crippen LogP contribution in [0.3, 0.4) is 0 Å². The molecule has 1 atom stereocenters. The minimum atomic E-state index is -0.0643. The van der Waals surface area contributed by atoms with Gasteiger partial charge in [-0.3, -0.25) is 9.69 Å². The van der Waals surface area contributed by atoms with E-state index >= 15 is 0 Å². The second-order valence-electron chi connectivity index (χ2n) is 7.37. The summed E-state index contributed by atoms with van der Waals surface area (Å²) in [5.74, 6) is 0.570. The fraction of sp³-hybridized carbons (Fsp3) is 0.261. The second kappa shape index (κ2) is 11.9. The first-order valence-corrected chi connectivity index (χ1v) is 10.3. The van der Waals surface area contributed by atoms with E-state index in [2.05, 4.69) is 20.9 Å². The number of nitrogens with one attached hydrogen (secondary N) is 1. The van der Waals surface area contributed by atoms with Crippen molar-refractivity contribution >= 4 is 48.0 Å². The number of nitrogens with zero attached hydrogens (tertiary/aromatic N) is 4. The fourth-order valence-corrected chi connectivity index (χ4v) is 4.12. The Morgan fingerprint density at radius 2 is 2.06 bits per heavy atom. The Morgan fingerprint density at radius 3 is 2.70 bits per heavy atom. The van der Waals surface area contributed by atoms with Crippen LogP contribution in [0, 0.1) is 11.3 Å². The molecular weight excluding hydrogens is 485 g/mol. The van der Waals surface area contributed by atoms with E-state index in [1.165, 1.54) is 0 Å². The molecule has 10 heteroatoms. The number of aromatic amines is 1. The summed E-state index contributed by atoms with van der Waals surface area (Å²) in [7, 11) is 1.56. The number of benzene rings is 2. The lowest BCUT2D eigenvalue weighted by atomic mass is 9.99. The molecule has 2 aromatic carbocycles. The number of carbonyl (C=O) groups is 1. The van der Waals surface area contributed by atoms with Crippen molar-refractivity contribution in [3.8, 4) is 11.8 Å². The minimum absolute atomic E-state index is 0. The average Bonchev–Trinajstić information content (AvgIpc) is 3.31. The van der Waals surface area contributed by atoms with Crippen LogP contribution in [0.4, 0.5) is 5.69 Å². The molecule has 0 radical (unpaired) electrons. The number of aromatic nitrogens is 2. The SMILES string of the molecule is COc1cc(CC(c2cnc[nH]2)N2CCN(c3cccc(Cl)c3)C(=O)C2)ccc1C#N.Cl.Cl. The number of hydrogen-bond acceptors (Lipinski definition) is 5. The Morgan fingerprint density at radius 1 is 1.24 bits per heavy atom. The fourth-order valence-electron chi connectivity index (χ4n) is 3.94. The Labute approximate surface area is 210 Å². The van der Waals surface area contributed by atoms with Gasteiger partial charge in [0.15, 0.2) is 0 Å². The van der Waals surface area contributed by atoms with Crippen LogP contribution in [-0.4, -0.2) is 47.5 Å². The average molecular weight is 509 g/mol. The number of nitriles is 1. The molecule has 1 N–H and O–H groups in total. The molecule has 174 valence electrons. The number of anilines is 1. The van der Waals surface area contributed by atoms with E-state index in [9.17, 15) is 10.1 Å². The molecule has 1 aromatic heterocycles. The normalized spacial score (nSPS) is 14.6. The summed E-state index contributed by atoms with van der Waals surface area (Å²) >= 11 is 6.11. The number of carbonyl (C=O) groups excluding carboxylic acids is 1. The van der Waals surface area contributed by atoms with Gasteiger partial charge in [-0.15, -0.1) is 24.8 Å². The molecule has 0 spiro atoms. The molecule has 4 rings (SSSR count). The standard InChI is InChI=1S/C23H22ClN5O2.2ClH/c1-31-22-10-16(5-6-17(22)12-25)9-21(20-13-26-15-27-20)28-7-8-29(23(30)14-28)19-4-2-3-18(24)11-19;;/h2-6,10-11,13,15,21H,7-9,14H2,1H3,(H,26,27);2*1H. The highest BCUT2D eigenvalue weighted by Crippen LogP contribution is 2.29. The third kappa shape index (κ3) is 5.98. The van der Waals surface area contributed by atoms with Crippen LogP contribution in [0.5, 0.6) is 5.75 Å². The highest BCUT2D eigenvalue weighted by molar-refractivity contribution is 6.30. The summed E-state index contributed by atoms with van der Waals surface area (Å²) in [6, 6.07) is 15.0. The number of halogens is 3.